The monoisotopic (exact) mass is 334 g/mol. The smallest absolute Gasteiger partial charge is 0.212 e. The molecule has 1 aliphatic rings. The van der Waals surface area contributed by atoms with Crippen LogP contribution in [0.25, 0.3) is 10.9 Å². The van der Waals surface area contributed by atoms with Crippen molar-refractivity contribution in [3.63, 3.8) is 0 Å². The first kappa shape index (κ1) is 16.4. The number of pyridine rings is 1. The van der Waals surface area contributed by atoms with E-state index in [9.17, 15) is 13.5 Å². The van der Waals surface area contributed by atoms with Gasteiger partial charge in [0, 0.05) is 11.6 Å². The van der Waals surface area contributed by atoms with Crippen LogP contribution in [0.4, 0.5) is 0 Å². The van der Waals surface area contributed by atoms with E-state index >= 15 is 0 Å². The first-order valence-electron chi connectivity index (χ1n) is 8.01. The van der Waals surface area contributed by atoms with Crippen LogP contribution in [0.15, 0.2) is 36.5 Å². The van der Waals surface area contributed by atoms with Crippen LogP contribution in [0, 0.1) is 5.92 Å². The molecular weight excluding hydrogens is 312 g/mol. The van der Waals surface area contributed by atoms with Gasteiger partial charge < -0.3 is 5.11 Å². The second kappa shape index (κ2) is 6.55. The zero-order valence-electron chi connectivity index (χ0n) is 13.1. The molecule has 23 heavy (non-hydrogen) atoms. The third-order valence-electron chi connectivity index (χ3n) is 4.37. The number of aliphatic hydroxyl groups excluding tert-OH is 1. The minimum atomic E-state index is -3.33. The topological polar surface area (TPSA) is 79.3 Å². The molecule has 5 nitrogen and oxygen atoms in total. The largest absolute Gasteiger partial charge is 0.393 e. The Kier molecular flexibility index (Phi) is 4.66. The van der Waals surface area contributed by atoms with E-state index in [-0.39, 0.29) is 23.8 Å². The highest BCUT2D eigenvalue weighted by molar-refractivity contribution is 7.89. The van der Waals surface area contributed by atoms with Gasteiger partial charge in [0.2, 0.25) is 10.0 Å². The molecule has 2 N–H and O–H groups in total. The number of aliphatic hydroxyl groups is 1. The summed E-state index contributed by atoms with van der Waals surface area (Å²) in [7, 11) is -3.33. The average Bonchev–Trinajstić information content (AvgIpc) is 2.49. The number of fused-ring (bicyclic) bond motifs is 1. The third kappa shape index (κ3) is 3.71. The second-order valence-electron chi connectivity index (χ2n) is 6.26. The highest BCUT2D eigenvalue weighted by Crippen LogP contribution is 2.38. The van der Waals surface area contributed by atoms with Crippen molar-refractivity contribution in [3.05, 3.63) is 42.1 Å². The van der Waals surface area contributed by atoms with Crippen LogP contribution in [0.3, 0.4) is 0 Å². The molecule has 6 heteroatoms. The lowest BCUT2D eigenvalue weighted by Gasteiger charge is -2.38. The Hall–Kier alpha value is -1.50. The van der Waals surface area contributed by atoms with Crippen molar-refractivity contribution in [1.29, 1.82) is 0 Å². The molecule has 0 aliphatic heterocycles. The van der Waals surface area contributed by atoms with Gasteiger partial charge in [-0.05, 0) is 42.9 Å². The van der Waals surface area contributed by atoms with Gasteiger partial charge in [-0.1, -0.05) is 25.1 Å². The lowest BCUT2D eigenvalue weighted by atomic mass is 9.75. The summed E-state index contributed by atoms with van der Waals surface area (Å²) in [5.74, 6) is 0.222. The summed E-state index contributed by atoms with van der Waals surface area (Å²) < 4.78 is 27.2. The molecule has 1 heterocycles. The first-order chi connectivity index (χ1) is 11.0. The Morgan fingerprint density at radius 1 is 1.35 bits per heavy atom. The summed E-state index contributed by atoms with van der Waals surface area (Å²) in [6.07, 6.45) is 3.22. The number of hydrogen-bond acceptors (Lipinski definition) is 4. The van der Waals surface area contributed by atoms with Gasteiger partial charge in [0.25, 0.3) is 0 Å². The molecule has 1 unspecified atom stereocenters. The van der Waals surface area contributed by atoms with Crippen molar-refractivity contribution in [2.24, 2.45) is 5.92 Å². The molecule has 3 rings (SSSR count). The zero-order chi connectivity index (χ0) is 16.4. The van der Waals surface area contributed by atoms with Crippen LogP contribution < -0.4 is 4.72 Å². The molecule has 1 fully saturated rings. The minimum Gasteiger partial charge on any atom is -0.393 e. The number of sulfonamides is 1. The van der Waals surface area contributed by atoms with E-state index in [4.69, 9.17) is 0 Å². The van der Waals surface area contributed by atoms with E-state index in [1.807, 2.05) is 37.3 Å². The highest BCUT2D eigenvalue weighted by Gasteiger charge is 2.36. The maximum Gasteiger partial charge on any atom is 0.212 e. The number of aromatic nitrogens is 1. The normalized spacial score (nSPS) is 22.7. The van der Waals surface area contributed by atoms with Gasteiger partial charge >= 0.3 is 0 Å². The van der Waals surface area contributed by atoms with Crippen LogP contribution in [0.1, 0.15) is 37.8 Å². The molecular formula is C17H22N2O3S. The van der Waals surface area contributed by atoms with Crippen molar-refractivity contribution in [1.82, 2.24) is 9.71 Å². The zero-order valence-corrected chi connectivity index (χ0v) is 14.0. The van der Waals surface area contributed by atoms with E-state index in [1.54, 1.807) is 6.20 Å². The molecule has 2 aromatic rings. The molecule has 0 saturated heterocycles. The molecule has 1 atom stereocenters. The standard InChI is InChI=1S/C17H22N2O3S/c1-2-7-23(21,22)19-17(13-9-15(20)10-13)14-8-12-5-3-4-6-16(12)18-11-14/h3-6,8,11,13,15,17,19-20H,2,7,9-10H2,1H3. The van der Waals surface area contributed by atoms with Crippen LogP contribution in [0.2, 0.25) is 0 Å². The molecule has 1 aromatic heterocycles. The molecule has 1 saturated carbocycles. The summed E-state index contributed by atoms with van der Waals surface area (Å²) in [4.78, 5) is 4.44. The predicted octanol–water partition coefficient (Wildman–Crippen LogP) is 2.38. The van der Waals surface area contributed by atoms with Gasteiger partial charge in [0.15, 0.2) is 0 Å². The van der Waals surface area contributed by atoms with Crippen molar-refractivity contribution < 1.29 is 13.5 Å². The van der Waals surface area contributed by atoms with Crippen LogP contribution in [-0.2, 0) is 10.0 Å². The second-order valence-corrected chi connectivity index (χ2v) is 8.13. The van der Waals surface area contributed by atoms with E-state index in [1.165, 1.54) is 0 Å². The summed E-state index contributed by atoms with van der Waals surface area (Å²) in [6.45, 7) is 1.85. The first-order valence-corrected chi connectivity index (χ1v) is 9.66. The van der Waals surface area contributed by atoms with Gasteiger partial charge in [0.05, 0.1) is 23.4 Å². The number of benzene rings is 1. The van der Waals surface area contributed by atoms with E-state index in [0.717, 1.165) is 16.5 Å². The Bertz CT molecular complexity index is 785. The maximum absolute atomic E-state index is 12.2. The van der Waals surface area contributed by atoms with Gasteiger partial charge in [-0.3, -0.25) is 4.98 Å². The van der Waals surface area contributed by atoms with Gasteiger partial charge in [-0.25, -0.2) is 13.1 Å². The van der Waals surface area contributed by atoms with Crippen molar-refractivity contribution >= 4 is 20.9 Å². The number of para-hydroxylation sites is 1. The number of hydrogen-bond donors (Lipinski definition) is 2. The average molecular weight is 334 g/mol. The van der Waals surface area contributed by atoms with Crippen molar-refractivity contribution in [2.45, 2.75) is 38.3 Å². The maximum atomic E-state index is 12.2. The Morgan fingerprint density at radius 3 is 2.78 bits per heavy atom. The fourth-order valence-corrected chi connectivity index (χ4v) is 4.49. The molecule has 0 spiro atoms. The minimum absolute atomic E-state index is 0.111. The van der Waals surface area contributed by atoms with Gasteiger partial charge in [-0.2, -0.15) is 0 Å². The summed E-state index contributed by atoms with van der Waals surface area (Å²) in [5.41, 5.74) is 1.75. The van der Waals surface area contributed by atoms with Crippen molar-refractivity contribution in [3.8, 4) is 0 Å². The number of rotatable bonds is 6. The van der Waals surface area contributed by atoms with Crippen LogP contribution in [0.5, 0.6) is 0 Å². The molecule has 1 aliphatic carbocycles. The van der Waals surface area contributed by atoms with Gasteiger partial charge in [0.1, 0.15) is 0 Å². The molecule has 0 amide bonds. The van der Waals surface area contributed by atoms with Crippen molar-refractivity contribution in [2.75, 3.05) is 5.75 Å². The SMILES string of the molecule is CCCS(=O)(=O)NC(c1cnc2ccccc2c1)C1CC(O)C1. The molecule has 1 aromatic carbocycles. The molecule has 124 valence electrons. The third-order valence-corrected chi connectivity index (χ3v) is 5.93. The lowest BCUT2D eigenvalue weighted by Crippen LogP contribution is -2.42. The fraction of sp³-hybridized carbons (Fsp3) is 0.471. The summed E-state index contributed by atoms with van der Waals surface area (Å²) in [6, 6.07) is 9.44. The Labute approximate surface area is 136 Å². The quantitative estimate of drug-likeness (QED) is 0.850. The van der Waals surface area contributed by atoms with E-state index in [0.29, 0.717) is 19.3 Å². The molecule has 0 radical (unpaired) electrons. The number of nitrogens with zero attached hydrogens (tertiary/aromatic N) is 1. The fourth-order valence-electron chi connectivity index (χ4n) is 3.12. The van der Waals surface area contributed by atoms with E-state index < -0.39 is 10.0 Å². The molecule has 0 bridgehead atoms. The Balaban J connectivity index is 1.93. The van der Waals surface area contributed by atoms with Gasteiger partial charge in [-0.15, -0.1) is 0 Å². The summed E-state index contributed by atoms with van der Waals surface area (Å²) >= 11 is 0. The number of nitrogens with one attached hydrogen (secondary N) is 1. The van der Waals surface area contributed by atoms with Crippen LogP contribution >= 0.6 is 0 Å². The van der Waals surface area contributed by atoms with Crippen LogP contribution in [-0.4, -0.2) is 30.4 Å². The Morgan fingerprint density at radius 2 is 2.09 bits per heavy atom. The predicted molar refractivity (Wildman–Crippen MR) is 90.4 cm³/mol. The van der Waals surface area contributed by atoms with E-state index in [2.05, 4.69) is 9.71 Å². The highest BCUT2D eigenvalue weighted by atomic mass is 32.2. The lowest BCUT2D eigenvalue weighted by molar-refractivity contribution is 0.0280. The summed E-state index contributed by atoms with van der Waals surface area (Å²) in [5, 5.41) is 10.6.